The number of carbonyl (C=O) groups excluding carboxylic acids is 1. The first-order valence-corrected chi connectivity index (χ1v) is 9.63. The Morgan fingerprint density at radius 3 is 2.73 bits per heavy atom. The van der Waals surface area contributed by atoms with Gasteiger partial charge in [-0.05, 0) is 42.3 Å². The third-order valence-corrected chi connectivity index (χ3v) is 5.06. The molecule has 0 aliphatic carbocycles. The summed E-state index contributed by atoms with van der Waals surface area (Å²) in [5.41, 5.74) is 1.79. The van der Waals surface area contributed by atoms with Crippen LogP contribution in [0.4, 0.5) is 4.79 Å². The van der Waals surface area contributed by atoms with Crippen LogP contribution in [0.25, 0.3) is 0 Å². The number of ether oxygens (including phenoxy) is 3. The third-order valence-electron chi connectivity index (χ3n) is 5.06. The Labute approximate surface area is 174 Å². The summed E-state index contributed by atoms with van der Waals surface area (Å²) in [7, 11) is 3.51. The first kappa shape index (κ1) is 19.6. The van der Waals surface area contributed by atoms with Gasteiger partial charge in [0.2, 0.25) is 6.79 Å². The minimum Gasteiger partial charge on any atom is -0.497 e. The number of fused-ring (bicyclic) bond motifs is 1. The van der Waals surface area contributed by atoms with Crippen molar-refractivity contribution in [2.75, 3.05) is 13.9 Å². The lowest BCUT2D eigenvalue weighted by atomic mass is 10.1. The van der Waals surface area contributed by atoms with Crippen LogP contribution in [0.1, 0.15) is 36.0 Å². The molecule has 30 heavy (non-hydrogen) atoms. The van der Waals surface area contributed by atoms with Crippen LogP contribution in [-0.4, -0.2) is 29.5 Å². The SMILES string of the molecule is COc1cccc([C@H](NC(=O)N[C@H](C)c2ccc3c(c2)OCO3)c2nccn2C)c1. The van der Waals surface area contributed by atoms with Crippen LogP contribution in [-0.2, 0) is 7.05 Å². The van der Waals surface area contributed by atoms with Crippen molar-refractivity contribution >= 4 is 6.03 Å². The first-order chi connectivity index (χ1) is 14.5. The molecule has 1 aliphatic rings. The summed E-state index contributed by atoms with van der Waals surface area (Å²) >= 11 is 0. The molecule has 1 aromatic heterocycles. The zero-order chi connectivity index (χ0) is 21.1. The van der Waals surface area contributed by atoms with Crippen molar-refractivity contribution in [1.82, 2.24) is 20.2 Å². The number of methoxy groups -OCH3 is 1. The van der Waals surface area contributed by atoms with Crippen molar-refractivity contribution < 1.29 is 19.0 Å². The molecule has 0 fully saturated rings. The van der Waals surface area contributed by atoms with Crippen LogP contribution in [0.15, 0.2) is 54.9 Å². The molecule has 2 N–H and O–H groups in total. The van der Waals surface area contributed by atoms with Gasteiger partial charge in [-0.25, -0.2) is 9.78 Å². The van der Waals surface area contributed by atoms with E-state index in [1.54, 1.807) is 13.3 Å². The van der Waals surface area contributed by atoms with E-state index in [2.05, 4.69) is 15.6 Å². The Kier molecular flexibility index (Phi) is 5.47. The summed E-state index contributed by atoms with van der Waals surface area (Å²) in [5, 5.41) is 6.02. The van der Waals surface area contributed by atoms with E-state index in [0.717, 1.165) is 11.1 Å². The van der Waals surface area contributed by atoms with Gasteiger partial charge in [-0.2, -0.15) is 0 Å². The Morgan fingerprint density at radius 2 is 1.97 bits per heavy atom. The van der Waals surface area contributed by atoms with Crippen molar-refractivity contribution in [3.63, 3.8) is 0 Å². The number of carbonyl (C=O) groups is 1. The van der Waals surface area contributed by atoms with E-state index in [9.17, 15) is 4.79 Å². The van der Waals surface area contributed by atoms with E-state index in [-0.39, 0.29) is 18.9 Å². The fourth-order valence-electron chi connectivity index (χ4n) is 3.41. The van der Waals surface area contributed by atoms with Gasteiger partial charge in [0.25, 0.3) is 0 Å². The van der Waals surface area contributed by atoms with Crippen LogP contribution in [0.2, 0.25) is 0 Å². The summed E-state index contributed by atoms with van der Waals surface area (Å²) in [6.45, 7) is 2.13. The predicted molar refractivity (Wildman–Crippen MR) is 111 cm³/mol. The summed E-state index contributed by atoms with van der Waals surface area (Å²) in [5.74, 6) is 2.82. The second kappa shape index (κ2) is 8.36. The second-order valence-electron chi connectivity index (χ2n) is 7.06. The Morgan fingerprint density at radius 1 is 1.13 bits per heavy atom. The third kappa shape index (κ3) is 4.03. The molecule has 2 aromatic carbocycles. The number of aromatic nitrogens is 2. The molecule has 2 atom stereocenters. The van der Waals surface area contributed by atoms with Gasteiger partial charge >= 0.3 is 6.03 Å². The van der Waals surface area contributed by atoms with E-state index in [1.807, 2.05) is 67.2 Å². The summed E-state index contributed by atoms with van der Waals surface area (Å²) < 4.78 is 18.0. The van der Waals surface area contributed by atoms with E-state index < -0.39 is 6.04 Å². The number of urea groups is 1. The maximum Gasteiger partial charge on any atom is 0.316 e. The molecule has 0 radical (unpaired) electrons. The average molecular weight is 408 g/mol. The van der Waals surface area contributed by atoms with Crippen molar-refractivity contribution in [2.24, 2.45) is 7.05 Å². The van der Waals surface area contributed by atoms with E-state index in [4.69, 9.17) is 14.2 Å². The maximum absolute atomic E-state index is 12.9. The van der Waals surface area contributed by atoms with Crippen molar-refractivity contribution in [3.8, 4) is 17.2 Å². The highest BCUT2D eigenvalue weighted by Crippen LogP contribution is 2.34. The van der Waals surface area contributed by atoms with Gasteiger partial charge in [0, 0.05) is 19.4 Å². The molecule has 8 heteroatoms. The lowest BCUT2D eigenvalue weighted by Gasteiger charge is -2.22. The fraction of sp³-hybridized carbons (Fsp3) is 0.273. The van der Waals surface area contributed by atoms with Gasteiger partial charge in [-0.15, -0.1) is 0 Å². The van der Waals surface area contributed by atoms with Gasteiger partial charge in [0.05, 0.1) is 13.2 Å². The number of rotatable bonds is 6. The van der Waals surface area contributed by atoms with Gasteiger partial charge in [-0.3, -0.25) is 0 Å². The predicted octanol–water partition coefficient (Wildman–Crippen LogP) is 3.31. The monoisotopic (exact) mass is 408 g/mol. The minimum absolute atomic E-state index is 0.215. The molecule has 8 nitrogen and oxygen atoms in total. The van der Waals surface area contributed by atoms with E-state index in [1.165, 1.54) is 0 Å². The van der Waals surface area contributed by atoms with Crippen molar-refractivity contribution in [2.45, 2.75) is 19.0 Å². The Hall–Kier alpha value is -3.68. The molecule has 2 amide bonds. The molecule has 0 bridgehead atoms. The van der Waals surface area contributed by atoms with Crippen molar-refractivity contribution in [3.05, 3.63) is 71.8 Å². The number of benzene rings is 2. The van der Waals surface area contributed by atoms with Crippen LogP contribution in [0, 0.1) is 0 Å². The number of amides is 2. The Bertz CT molecular complexity index is 1050. The number of nitrogens with zero attached hydrogens (tertiary/aromatic N) is 2. The summed E-state index contributed by atoms with van der Waals surface area (Å²) in [6, 6.07) is 12.2. The largest absolute Gasteiger partial charge is 0.497 e. The lowest BCUT2D eigenvalue weighted by molar-refractivity contribution is 0.174. The van der Waals surface area contributed by atoms with Gasteiger partial charge in [-0.1, -0.05) is 18.2 Å². The number of hydrogen-bond acceptors (Lipinski definition) is 5. The molecule has 3 aromatic rings. The molecule has 1 aliphatic heterocycles. The molecule has 0 unspecified atom stereocenters. The molecule has 0 saturated heterocycles. The van der Waals surface area contributed by atoms with E-state index in [0.29, 0.717) is 23.1 Å². The highest BCUT2D eigenvalue weighted by molar-refractivity contribution is 5.75. The van der Waals surface area contributed by atoms with Crippen LogP contribution < -0.4 is 24.8 Å². The zero-order valence-electron chi connectivity index (χ0n) is 17.1. The van der Waals surface area contributed by atoms with Gasteiger partial charge < -0.3 is 29.4 Å². The highest BCUT2D eigenvalue weighted by Gasteiger charge is 2.23. The number of hydrogen-bond donors (Lipinski definition) is 2. The van der Waals surface area contributed by atoms with Gasteiger partial charge in [0.15, 0.2) is 11.5 Å². The molecular formula is C22H24N4O4. The summed E-state index contributed by atoms with van der Waals surface area (Å²) in [4.78, 5) is 17.3. The topological polar surface area (TPSA) is 86.6 Å². The summed E-state index contributed by atoms with van der Waals surface area (Å²) in [6.07, 6.45) is 3.55. The molecule has 0 spiro atoms. The molecule has 0 saturated carbocycles. The van der Waals surface area contributed by atoms with Gasteiger partial charge in [0.1, 0.15) is 17.6 Å². The minimum atomic E-state index is -0.441. The molecular weight excluding hydrogens is 384 g/mol. The average Bonchev–Trinajstić information content (AvgIpc) is 3.40. The quantitative estimate of drug-likeness (QED) is 0.654. The first-order valence-electron chi connectivity index (χ1n) is 9.63. The standard InChI is InChI=1S/C22H24N4O4/c1-14(15-7-8-18-19(12-15)30-13-29-18)24-22(27)25-20(21-23-9-10-26(21)2)16-5-4-6-17(11-16)28-3/h4-12,14,20H,13H2,1-3H3,(H2,24,25,27)/t14-,20+/m1/s1. The number of imidazole rings is 1. The van der Waals surface area contributed by atoms with E-state index >= 15 is 0 Å². The fourth-order valence-corrected chi connectivity index (χ4v) is 3.41. The maximum atomic E-state index is 12.9. The Balaban J connectivity index is 1.52. The zero-order valence-corrected chi connectivity index (χ0v) is 17.1. The lowest BCUT2D eigenvalue weighted by Crippen LogP contribution is -2.40. The van der Waals surface area contributed by atoms with Crippen LogP contribution in [0.5, 0.6) is 17.2 Å². The normalized spacial score (nSPS) is 14.1. The van der Waals surface area contributed by atoms with Crippen molar-refractivity contribution in [1.29, 1.82) is 0 Å². The molecule has 156 valence electrons. The molecule has 4 rings (SSSR count). The number of aryl methyl sites for hydroxylation is 1. The second-order valence-corrected chi connectivity index (χ2v) is 7.06. The molecule has 2 heterocycles. The van der Waals surface area contributed by atoms with Crippen LogP contribution >= 0.6 is 0 Å². The highest BCUT2D eigenvalue weighted by atomic mass is 16.7. The van der Waals surface area contributed by atoms with Crippen LogP contribution in [0.3, 0.4) is 0 Å². The number of nitrogens with one attached hydrogen (secondary N) is 2. The smallest absolute Gasteiger partial charge is 0.316 e.